The predicted octanol–water partition coefficient (Wildman–Crippen LogP) is 3.14. The van der Waals surface area contributed by atoms with Gasteiger partial charge in [-0.1, -0.05) is 19.1 Å². The number of benzene rings is 1. The van der Waals surface area contributed by atoms with Crippen molar-refractivity contribution in [2.75, 3.05) is 27.2 Å². The molecule has 3 nitrogen and oxygen atoms in total. The fourth-order valence-electron chi connectivity index (χ4n) is 2.73. The number of hydrogen-bond acceptors (Lipinski definition) is 3. The monoisotopic (exact) mass is 276 g/mol. The molecule has 0 bridgehead atoms. The number of nitrogens with zero attached hydrogens (tertiary/aromatic N) is 1. The summed E-state index contributed by atoms with van der Waals surface area (Å²) in [5, 5.41) is 3.70. The molecule has 0 saturated heterocycles. The molecule has 1 heterocycles. The van der Waals surface area contributed by atoms with E-state index >= 15 is 0 Å². The number of fused-ring (bicyclic) bond motifs is 1. The maximum atomic E-state index is 6.26. The van der Waals surface area contributed by atoms with Crippen LogP contribution < -0.4 is 10.1 Å². The van der Waals surface area contributed by atoms with Crippen molar-refractivity contribution in [3.8, 4) is 5.75 Å². The normalized spacial score (nSPS) is 25.4. The van der Waals surface area contributed by atoms with Gasteiger partial charge in [0.05, 0.1) is 0 Å². The van der Waals surface area contributed by atoms with Crippen LogP contribution in [0.15, 0.2) is 18.2 Å². The van der Waals surface area contributed by atoms with Crippen LogP contribution in [-0.4, -0.2) is 37.7 Å². The number of nitrogens with one attached hydrogen (secondary N) is 1. The van der Waals surface area contributed by atoms with Crippen LogP contribution in [0.25, 0.3) is 0 Å². The summed E-state index contributed by atoms with van der Waals surface area (Å²) in [6.07, 6.45) is 2.07. The first-order valence-electron chi connectivity index (χ1n) is 7.61. The van der Waals surface area contributed by atoms with E-state index < -0.39 is 0 Å². The minimum absolute atomic E-state index is 0.0590. The molecule has 2 unspecified atom stereocenters. The van der Waals surface area contributed by atoms with E-state index in [0.717, 1.165) is 31.7 Å². The topological polar surface area (TPSA) is 24.5 Å². The van der Waals surface area contributed by atoms with Gasteiger partial charge in [-0.3, -0.25) is 0 Å². The first kappa shape index (κ1) is 15.3. The van der Waals surface area contributed by atoms with Crippen molar-refractivity contribution in [1.29, 1.82) is 0 Å². The highest BCUT2D eigenvalue weighted by Gasteiger charge is 2.35. The minimum Gasteiger partial charge on any atom is -0.487 e. The van der Waals surface area contributed by atoms with Gasteiger partial charge in [-0.25, -0.2) is 0 Å². The van der Waals surface area contributed by atoms with Crippen LogP contribution in [0.4, 0.5) is 0 Å². The first-order valence-corrected chi connectivity index (χ1v) is 7.61. The lowest BCUT2D eigenvalue weighted by Gasteiger charge is -2.40. The molecule has 1 aliphatic rings. The Kier molecular flexibility index (Phi) is 4.71. The number of likely N-dealkylation sites (N-methyl/N-ethyl adjacent to an activating group) is 1. The summed E-state index contributed by atoms with van der Waals surface area (Å²) in [6.45, 7) is 8.61. The molecule has 2 atom stereocenters. The van der Waals surface area contributed by atoms with Gasteiger partial charge in [0.2, 0.25) is 0 Å². The van der Waals surface area contributed by atoms with Crippen molar-refractivity contribution in [2.24, 2.45) is 0 Å². The Morgan fingerprint density at radius 3 is 2.80 bits per heavy atom. The molecule has 3 heteroatoms. The molecule has 0 amide bonds. The fourth-order valence-corrected chi connectivity index (χ4v) is 2.73. The molecule has 1 aromatic carbocycles. The van der Waals surface area contributed by atoms with Crippen molar-refractivity contribution < 1.29 is 4.74 Å². The molecule has 0 saturated carbocycles. The smallest absolute Gasteiger partial charge is 0.125 e. The van der Waals surface area contributed by atoms with Gasteiger partial charge in [-0.2, -0.15) is 0 Å². The summed E-state index contributed by atoms with van der Waals surface area (Å²) in [4.78, 5) is 2.21. The van der Waals surface area contributed by atoms with E-state index in [1.54, 1.807) is 0 Å². The van der Waals surface area contributed by atoms with Crippen molar-refractivity contribution in [3.63, 3.8) is 0 Å². The number of hydrogen-bond donors (Lipinski definition) is 1. The highest BCUT2D eigenvalue weighted by atomic mass is 16.5. The quantitative estimate of drug-likeness (QED) is 0.894. The lowest BCUT2D eigenvalue weighted by Crippen LogP contribution is -2.42. The second-order valence-corrected chi connectivity index (χ2v) is 6.46. The second-order valence-electron chi connectivity index (χ2n) is 6.46. The van der Waals surface area contributed by atoms with Gasteiger partial charge in [0.15, 0.2) is 0 Å². The van der Waals surface area contributed by atoms with Crippen LogP contribution >= 0.6 is 0 Å². The van der Waals surface area contributed by atoms with E-state index in [4.69, 9.17) is 4.74 Å². The number of ether oxygens (including phenoxy) is 1. The standard InChI is InChI=1S/C17H28N2O/c1-6-17(3)12-15(18-9-10-19(4)5)14-8-7-13(2)11-16(14)20-17/h7-8,11,15,18H,6,9-10,12H2,1-5H3. The summed E-state index contributed by atoms with van der Waals surface area (Å²) in [5.41, 5.74) is 2.51. The Bertz CT molecular complexity index is 458. The molecule has 0 radical (unpaired) electrons. The Labute approximate surface area is 123 Å². The number of rotatable bonds is 5. The lowest BCUT2D eigenvalue weighted by atomic mass is 9.86. The van der Waals surface area contributed by atoms with Crippen LogP contribution in [0.5, 0.6) is 5.75 Å². The molecule has 1 aromatic rings. The zero-order valence-corrected chi connectivity index (χ0v) is 13.5. The summed E-state index contributed by atoms with van der Waals surface area (Å²) < 4.78 is 6.26. The van der Waals surface area contributed by atoms with Gasteiger partial charge >= 0.3 is 0 Å². The van der Waals surface area contributed by atoms with E-state index in [-0.39, 0.29) is 5.60 Å². The van der Waals surface area contributed by atoms with Crippen molar-refractivity contribution in [2.45, 2.75) is 45.3 Å². The highest BCUT2D eigenvalue weighted by molar-refractivity contribution is 5.41. The molecule has 0 fully saturated rings. The highest BCUT2D eigenvalue weighted by Crippen LogP contribution is 2.41. The van der Waals surface area contributed by atoms with E-state index in [2.05, 4.69) is 63.3 Å². The first-order chi connectivity index (χ1) is 9.43. The average Bonchev–Trinajstić information content (AvgIpc) is 2.37. The fraction of sp³-hybridized carbons (Fsp3) is 0.647. The molecule has 2 rings (SSSR count). The molecular weight excluding hydrogens is 248 g/mol. The second kappa shape index (κ2) is 6.15. The third-order valence-corrected chi connectivity index (χ3v) is 4.23. The summed E-state index contributed by atoms with van der Waals surface area (Å²) in [6, 6.07) is 6.96. The molecule has 1 N–H and O–H groups in total. The molecule has 112 valence electrons. The van der Waals surface area contributed by atoms with Gasteiger partial charge in [-0.15, -0.1) is 0 Å². The van der Waals surface area contributed by atoms with Crippen molar-refractivity contribution in [3.05, 3.63) is 29.3 Å². The van der Waals surface area contributed by atoms with E-state index in [0.29, 0.717) is 6.04 Å². The minimum atomic E-state index is -0.0590. The average molecular weight is 276 g/mol. The van der Waals surface area contributed by atoms with Gasteiger partial charge in [0.25, 0.3) is 0 Å². The zero-order chi connectivity index (χ0) is 14.8. The van der Waals surface area contributed by atoms with Crippen LogP contribution in [0.2, 0.25) is 0 Å². The van der Waals surface area contributed by atoms with E-state index in [1.165, 1.54) is 11.1 Å². The Hall–Kier alpha value is -1.06. The maximum Gasteiger partial charge on any atom is 0.125 e. The maximum absolute atomic E-state index is 6.26. The van der Waals surface area contributed by atoms with Crippen LogP contribution in [0, 0.1) is 6.92 Å². The van der Waals surface area contributed by atoms with Crippen molar-refractivity contribution in [1.82, 2.24) is 10.2 Å². The van der Waals surface area contributed by atoms with Gasteiger partial charge in [0, 0.05) is 31.1 Å². The van der Waals surface area contributed by atoms with E-state index in [1.807, 2.05) is 0 Å². The largest absolute Gasteiger partial charge is 0.487 e. The molecule has 0 aromatic heterocycles. The zero-order valence-electron chi connectivity index (χ0n) is 13.5. The molecule has 0 aliphatic carbocycles. The van der Waals surface area contributed by atoms with Crippen LogP contribution in [0.1, 0.15) is 43.9 Å². The third-order valence-electron chi connectivity index (χ3n) is 4.23. The van der Waals surface area contributed by atoms with Gasteiger partial charge in [0.1, 0.15) is 11.4 Å². The Morgan fingerprint density at radius 1 is 1.40 bits per heavy atom. The number of aryl methyl sites for hydroxylation is 1. The SMILES string of the molecule is CCC1(C)CC(NCCN(C)C)c2ccc(C)cc2O1. The Balaban J connectivity index is 2.18. The summed E-state index contributed by atoms with van der Waals surface area (Å²) >= 11 is 0. The molecule has 0 spiro atoms. The summed E-state index contributed by atoms with van der Waals surface area (Å²) in [7, 11) is 4.22. The third kappa shape index (κ3) is 3.53. The van der Waals surface area contributed by atoms with Crippen LogP contribution in [0.3, 0.4) is 0 Å². The molecule has 1 aliphatic heterocycles. The predicted molar refractivity (Wildman–Crippen MR) is 84.4 cm³/mol. The molecule has 20 heavy (non-hydrogen) atoms. The van der Waals surface area contributed by atoms with Crippen LogP contribution in [-0.2, 0) is 0 Å². The lowest BCUT2D eigenvalue weighted by molar-refractivity contribution is 0.0440. The molecular formula is C17H28N2O. The van der Waals surface area contributed by atoms with E-state index in [9.17, 15) is 0 Å². The van der Waals surface area contributed by atoms with Gasteiger partial charge in [-0.05, 0) is 46.0 Å². The van der Waals surface area contributed by atoms with Gasteiger partial charge < -0.3 is 15.0 Å². The van der Waals surface area contributed by atoms with Crippen molar-refractivity contribution >= 4 is 0 Å². The Morgan fingerprint density at radius 2 is 2.15 bits per heavy atom. The summed E-state index contributed by atoms with van der Waals surface area (Å²) in [5.74, 6) is 1.06.